The summed E-state index contributed by atoms with van der Waals surface area (Å²) in [5.74, 6) is 0. The first-order valence-electron chi connectivity index (χ1n) is 4.59. The molecule has 0 saturated heterocycles. The molecule has 0 aromatic carbocycles. The number of allylic oxidation sites excluding steroid dienone is 1. The zero-order valence-corrected chi connectivity index (χ0v) is 9.75. The minimum Gasteiger partial charge on any atom is -0.408 e. The van der Waals surface area contributed by atoms with E-state index >= 15 is 0 Å². The first kappa shape index (κ1) is 12.4. The third-order valence-corrected chi connectivity index (χ3v) is 4.27. The Morgan fingerprint density at radius 2 is 1.77 bits per heavy atom. The van der Waals surface area contributed by atoms with Crippen molar-refractivity contribution in [1.82, 2.24) is 0 Å². The van der Waals surface area contributed by atoms with Crippen LogP contribution in [0.3, 0.4) is 0 Å². The Labute approximate surface area is 82.9 Å². The van der Waals surface area contributed by atoms with Crippen LogP contribution in [0.5, 0.6) is 0 Å². The molecule has 0 aliphatic heterocycles. The summed E-state index contributed by atoms with van der Waals surface area (Å²) in [4.78, 5) is 0. The topological polar surface area (TPSA) is 9.23 Å². The highest BCUT2D eigenvalue weighted by Crippen LogP contribution is 2.16. The Hall–Kier alpha value is -0.603. The molecule has 0 fully saturated rings. The molecule has 0 amide bonds. The van der Waals surface area contributed by atoms with Crippen LogP contribution < -0.4 is 0 Å². The normalized spacial score (nSPS) is 11.3. The summed E-state index contributed by atoms with van der Waals surface area (Å²) in [6.07, 6.45) is 6.55. The van der Waals surface area contributed by atoms with Gasteiger partial charge in [-0.15, -0.1) is 19.7 Å². The van der Waals surface area contributed by atoms with Gasteiger partial charge in [-0.25, -0.2) is 0 Å². The molecule has 0 saturated carbocycles. The molecule has 0 spiro atoms. The molecule has 0 unspecified atom stereocenters. The molecular weight excluding hydrogens is 176 g/mol. The molecule has 2 heteroatoms. The van der Waals surface area contributed by atoms with Crippen LogP contribution in [0.25, 0.3) is 0 Å². The predicted molar refractivity (Wildman–Crippen MR) is 62.4 cm³/mol. The van der Waals surface area contributed by atoms with Crippen LogP contribution in [0.1, 0.15) is 6.42 Å². The Kier molecular flexibility index (Phi) is 5.67. The van der Waals surface area contributed by atoms with Crippen molar-refractivity contribution in [2.24, 2.45) is 0 Å². The molecule has 0 atom stereocenters. The van der Waals surface area contributed by atoms with E-state index in [0.717, 1.165) is 12.5 Å². The molecule has 74 valence electrons. The van der Waals surface area contributed by atoms with E-state index in [1.165, 1.54) is 0 Å². The quantitative estimate of drug-likeness (QED) is 0.447. The fourth-order valence-electron chi connectivity index (χ4n) is 1.07. The van der Waals surface area contributed by atoms with Crippen LogP contribution >= 0.6 is 0 Å². The molecule has 0 aliphatic carbocycles. The van der Waals surface area contributed by atoms with Crippen molar-refractivity contribution < 1.29 is 4.43 Å². The Morgan fingerprint density at radius 1 is 1.23 bits per heavy atom. The Bertz CT molecular complexity index is 177. The Morgan fingerprint density at radius 3 is 2.15 bits per heavy atom. The van der Waals surface area contributed by atoms with Gasteiger partial charge in [-0.3, -0.25) is 0 Å². The van der Waals surface area contributed by atoms with Crippen molar-refractivity contribution in [1.29, 1.82) is 0 Å². The van der Waals surface area contributed by atoms with Crippen LogP contribution in [0.2, 0.25) is 19.1 Å². The average molecular weight is 196 g/mol. The largest absolute Gasteiger partial charge is 0.408 e. The van der Waals surface area contributed by atoms with Crippen LogP contribution in [-0.4, -0.2) is 14.4 Å². The van der Waals surface area contributed by atoms with Crippen molar-refractivity contribution in [2.45, 2.75) is 31.7 Å². The van der Waals surface area contributed by atoms with Crippen LogP contribution in [0, 0.1) is 0 Å². The first-order chi connectivity index (χ1) is 6.05. The van der Waals surface area contributed by atoms with E-state index < -0.39 is 8.32 Å². The summed E-state index contributed by atoms with van der Waals surface area (Å²) < 4.78 is 5.89. The number of hydrogen-bond donors (Lipinski definition) is 0. The van der Waals surface area contributed by atoms with Crippen molar-refractivity contribution in [3.63, 3.8) is 0 Å². The van der Waals surface area contributed by atoms with E-state index in [0.29, 0.717) is 0 Å². The van der Waals surface area contributed by atoms with Gasteiger partial charge < -0.3 is 4.43 Å². The van der Waals surface area contributed by atoms with Crippen LogP contribution in [-0.2, 0) is 4.43 Å². The molecule has 0 radical (unpaired) electrons. The molecule has 0 bridgehead atoms. The molecule has 0 heterocycles. The number of hydrogen-bond acceptors (Lipinski definition) is 1. The lowest BCUT2D eigenvalue weighted by Crippen LogP contribution is -2.33. The lowest BCUT2D eigenvalue weighted by molar-refractivity contribution is 0.286. The second-order valence-corrected chi connectivity index (χ2v) is 7.90. The highest BCUT2D eigenvalue weighted by atomic mass is 28.4. The zero-order valence-electron chi connectivity index (χ0n) is 8.75. The van der Waals surface area contributed by atoms with Crippen molar-refractivity contribution in [3.05, 3.63) is 38.0 Å². The van der Waals surface area contributed by atoms with Crippen molar-refractivity contribution in [2.75, 3.05) is 0 Å². The molecule has 0 aliphatic rings. The highest BCUT2D eigenvalue weighted by Gasteiger charge is 2.23. The Balaban J connectivity index is 4.04. The molecule has 0 rings (SSSR count). The standard InChI is InChI=1S/C11H20OSi/c1-6-9-10-13(4,5)12-11(7-2)8-3/h6-8,11H,1-3,9-10H2,4-5H3. The molecule has 0 aromatic rings. The second kappa shape index (κ2) is 5.94. The van der Waals surface area contributed by atoms with Gasteiger partial charge in [0.1, 0.15) is 0 Å². The van der Waals surface area contributed by atoms with Crippen LogP contribution in [0.15, 0.2) is 38.0 Å². The summed E-state index contributed by atoms with van der Waals surface area (Å²) in [6, 6.07) is 1.11. The molecular formula is C11H20OSi. The first-order valence-corrected chi connectivity index (χ1v) is 7.71. The maximum Gasteiger partial charge on any atom is 0.188 e. The minimum atomic E-state index is -1.54. The lowest BCUT2D eigenvalue weighted by atomic mass is 10.4. The van der Waals surface area contributed by atoms with Crippen molar-refractivity contribution in [3.8, 4) is 0 Å². The lowest BCUT2D eigenvalue weighted by Gasteiger charge is -2.25. The fraction of sp³-hybridized carbons (Fsp3) is 0.455. The van der Waals surface area contributed by atoms with Gasteiger partial charge >= 0.3 is 0 Å². The zero-order chi connectivity index (χ0) is 10.3. The van der Waals surface area contributed by atoms with E-state index in [-0.39, 0.29) is 6.10 Å². The number of rotatable bonds is 7. The van der Waals surface area contributed by atoms with Gasteiger partial charge in [0.25, 0.3) is 0 Å². The summed E-state index contributed by atoms with van der Waals surface area (Å²) in [5.41, 5.74) is 0. The molecule has 1 nitrogen and oxygen atoms in total. The van der Waals surface area contributed by atoms with Gasteiger partial charge in [-0.1, -0.05) is 18.2 Å². The van der Waals surface area contributed by atoms with E-state index in [2.05, 4.69) is 32.8 Å². The third-order valence-electron chi connectivity index (χ3n) is 1.87. The van der Waals surface area contributed by atoms with E-state index in [1.54, 1.807) is 12.2 Å². The maximum absolute atomic E-state index is 5.89. The summed E-state index contributed by atoms with van der Waals surface area (Å²) in [5, 5.41) is 0. The summed E-state index contributed by atoms with van der Waals surface area (Å²) in [6.45, 7) is 15.5. The van der Waals surface area contributed by atoms with E-state index in [4.69, 9.17) is 4.43 Å². The van der Waals surface area contributed by atoms with E-state index in [1.807, 2.05) is 6.08 Å². The molecule has 0 N–H and O–H groups in total. The monoisotopic (exact) mass is 196 g/mol. The highest BCUT2D eigenvalue weighted by molar-refractivity contribution is 6.71. The molecule has 13 heavy (non-hydrogen) atoms. The van der Waals surface area contributed by atoms with Crippen LogP contribution in [0.4, 0.5) is 0 Å². The van der Waals surface area contributed by atoms with Gasteiger partial charge in [0, 0.05) is 0 Å². The predicted octanol–water partition coefficient (Wildman–Crippen LogP) is 3.52. The SMILES string of the molecule is C=CCC[Si](C)(C)OC(C=C)C=C. The van der Waals surface area contributed by atoms with Gasteiger partial charge in [0.15, 0.2) is 8.32 Å². The maximum atomic E-state index is 5.89. The molecule has 0 aromatic heterocycles. The van der Waals surface area contributed by atoms with Gasteiger partial charge in [-0.2, -0.15) is 0 Å². The summed E-state index contributed by atoms with van der Waals surface area (Å²) in [7, 11) is -1.54. The average Bonchev–Trinajstić information content (AvgIpc) is 2.11. The third kappa shape index (κ3) is 5.61. The smallest absolute Gasteiger partial charge is 0.188 e. The van der Waals surface area contributed by atoms with Gasteiger partial charge in [0.05, 0.1) is 6.10 Å². The minimum absolute atomic E-state index is 0.00600. The van der Waals surface area contributed by atoms with E-state index in [9.17, 15) is 0 Å². The fourth-order valence-corrected chi connectivity index (χ4v) is 3.02. The second-order valence-electron chi connectivity index (χ2n) is 3.64. The summed E-state index contributed by atoms with van der Waals surface area (Å²) >= 11 is 0. The van der Waals surface area contributed by atoms with Gasteiger partial charge in [0.2, 0.25) is 0 Å². The van der Waals surface area contributed by atoms with Gasteiger partial charge in [-0.05, 0) is 25.6 Å². The van der Waals surface area contributed by atoms with Crippen molar-refractivity contribution >= 4 is 8.32 Å².